The van der Waals surface area contributed by atoms with Crippen molar-refractivity contribution < 1.29 is 45.9 Å². The zero-order valence-electron chi connectivity index (χ0n) is 28.1. The summed E-state index contributed by atoms with van der Waals surface area (Å²) in [5.41, 5.74) is 8.78. The molecule has 8 bridgehead atoms. The predicted octanol–water partition coefficient (Wildman–Crippen LogP) is 8.27. The Balaban J connectivity index is 0.000000298. The zero-order chi connectivity index (χ0) is 33.9. The number of allylic oxidation sites excluding steroid dienone is 10. The van der Waals surface area contributed by atoms with E-state index in [1.165, 1.54) is 0 Å². The third kappa shape index (κ3) is 9.74. The van der Waals surface area contributed by atoms with Crippen LogP contribution in [-0.4, -0.2) is 14.2 Å². The van der Waals surface area contributed by atoms with Gasteiger partial charge in [-0.05, 0) is 33.4 Å². The number of para-hydroxylation sites is 4. The minimum absolute atomic E-state index is 0. The van der Waals surface area contributed by atoms with Crippen LogP contribution in [0, 0.1) is 12.8 Å². The number of benzene rings is 4. The Morgan fingerprint density at radius 3 is 0.939 bits per heavy atom. The first-order valence-electron chi connectivity index (χ1n) is 16.0. The molecule has 0 aliphatic heterocycles. The summed E-state index contributed by atoms with van der Waals surface area (Å²) in [5.74, 6) is 1.55. The molecule has 0 spiro atoms. The standard InChI is InChI=1S/C30H28O4.2C7H7.Zr/c1-33-29-23-11-5-12-24(29)16-20-8-4-10-22(28(20)32)18-26-14-6-13-25(30(26)34-2)17-21-9-3-7-19(15-23)27(21)31;2*1-7-5-3-2-4-6-7;/h3-14,31-32H,15-18H2,1-2H3;2*2-6H,1H2;/q;;;+2/p-2. The van der Waals surface area contributed by atoms with Crippen molar-refractivity contribution in [3.05, 3.63) is 203 Å². The van der Waals surface area contributed by atoms with Gasteiger partial charge >= 0.3 is 26.2 Å². The molecule has 2 radical (unpaired) electrons. The van der Waals surface area contributed by atoms with E-state index in [1.54, 1.807) is 14.2 Å². The third-order valence-electron chi connectivity index (χ3n) is 8.33. The van der Waals surface area contributed by atoms with Crippen molar-refractivity contribution in [3.8, 4) is 23.0 Å². The summed E-state index contributed by atoms with van der Waals surface area (Å²) in [6.07, 6.45) is 21.6. The van der Waals surface area contributed by atoms with Gasteiger partial charge in [-0.25, -0.2) is 0 Å². The van der Waals surface area contributed by atoms with Crippen LogP contribution in [0.3, 0.4) is 0 Å². The number of fused-ring (bicyclic) bond motifs is 8. The van der Waals surface area contributed by atoms with Gasteiger partial charge in [-0.3, -0.25) is 0 Å². The number of ether oxygens (including phenoxy) is 2. The zero-order valence-corrected chi connectivity index (χ0v) is 30.5. The van der Waals surface area contributed by atoms with E-state index < -0.39 is 0 Å². The van der Waals surface area contributed by atoms with Crippen LogP contribution in [0.2, 0.25) is 0 Å². The first-order chi connectivity index (χ1) is 23.4. The number of hydrogen-bond acceptors (Lipinski definition) is 4. The van der Waals surface area contributed by atoms with Gasteiger partial charge in [0.1, 0.15) is 11.5 Å². The van der Waals surface area contributed by atoms with Crippen molar-refractivity contribution in [3.63, 3.8) is 0 Å². The monoisotopic (exact) mass is 722 g/mol. The van der Waals surface area contributed by atoms with Gasteiger partial charge < -0.3 is 19.7 Å². The van der Waals surface area contributed by atoms with Gasteiger partial charge in [0.2, 0.25) is 0 Å². The molecule has 4 nitrogen and oxygen atoms in total. The van der Waals surface area contributed by atoms with Gasteiger partial charge in [-0.2, -0.15) is 0 Å². The molecule has 0 N–H and O–H groups in total. The van der Waals surface area contributed by atoms with Crippen LogP contribution < -0.4 is 19.7 Å². The fourth-order valence-corrected chi connectivity index (χ4v) is 5.97. The van der Waals surface area contributed by atoms with E-state index in [0.29, 0.717) is 25.7 Å². The molecule has 3 aliphatic carbocycles. The molecule has 0 atom stereocenters. The van der Waals surface area contributed by atoms with E-state index >= 15 is 0 Å². The van der Waals surface area contributed by atoms with Crippen LogP contribution in [0.4, 0.5) is 0 Å². The topological polar surface area (TPSA) is 64.6 Å². The molecule has 3 aliphatic rings. The Morgan fingerprint density at radius 2 is 0.735 bits per heavy atom. The SMILES string of the molecule is C=C1[CH]C=CC=C1.C=C1[CH]C=CC=C1.COc1c2cccc1Cc1cccc(c1[O-])Cc1cccc(c1OC)Cc1cccc(c1[O-])C2.[Zr+2]. The Hall–Kier alpha value is -4.60. The van der Waals surface area contributed by atoms with E-state index in [2.05, 4.69) is 13.2 Å². The fraction of sp³-hybridized carbons (Fsp3) is 0.136. The van der Waals surface area contributed by atoms with Crippen LogP contribution in [-0.2, 0) is 51.9 Å². The molecular weight excluding hydrogens is 684 g/mol. The molecule has 49 heavy (non-hydrogen) atoms. The van der Waals surface area contributed by atoms with Gasteiger partial charge in [0.25, 0.3) is 0 Å². The molecule has 0 amide bonds. The van der Waals surface area contributed by atoms with Crippen LogP contribution in [0.1, 0.15) is 44.5 Å². The first-order valence-corrected chi connectivity index (χ1v) is 16.0. The molecule has 0 saturated carbocycles. The maximum atomic E-state index is 13.4. The first kappa shape index (κ1) is 37.2. The fourth-order valence-electron chi connectivity index (χ4n) is 5.97. The third-order valence-corrected chi connectivity index (χ3v) is 8.33. The summed E-state index contributed by atoms with van der Waals surface area (Å²) in [4.78, 5) is 0. The van der Waals surface area contributed by atoms with Crippen LogP contribution >= 0.6 is 0 Å². The minimum Gasteiger partial charge on any atom is -0.872 e. The number of methoxy groups -OCH3 is 2. The van der Waals surface area contributed by atoms with Gasteiger partial charge in [0.15, 0.2) is 0 Å². The molecule has 4 aromatic rings. The van der Waals surface area contributed by atoms with E-state index in [1.807, 2.05) is 134 Å². The molecule has 4 aromatic carbocycles. The molecule has 0 unspecified atom stereocenters. The molecule has 244 valence electrons. The smallest absolute Gasteiger partial charge is 0.872 e. The molecule has 0 fully saturated rings. The summed E-state index contributed by atoms with van der Waals surface area (Å²) in [5, 5.41) is 26.8. The average Bonchev–Trinajstić information content (AvgIpc) is 3.09. The maximum Gasteiger partial charge on any atom is 2.00 e. The summed E-state index contributed by atoms with van der Waals surface area (Å²) in [7, 11) is 3.28. The second-order valence-corrected chi connectivity index (χ2v) is 11.7. The maximum absolute atomic E-state index is 13.4. The van der Waals surface area contributed by atoms with Gasteiger partial charge in [0, 0.05) is 38.5 Å². The summed E-state index contributed by atoms with van der Waals surface area (Å²) in [6.45, 7) is 7.44. The Labute approximate surface area is 310 Å². The molecular formula is C44H40O4Zr. The second kappa shape index (κ2) is 18.2. The predicted molar refractivity (Wildman–Crippen MR) is 192 cm³/mol. The van der Waals surface area contributed by atoms with E-state index in [0.717, 1.165) is 67.2 Å². The van der Waals surface area contributed by atoms with Gasteiger partial charge in [0.05, 0.1) is 14.2 Å². The van der Waals surface area contributed by atoms with Crippen LogP contribution in [0.15, 0.2) is 146 Å². The second-order valence-electron chi connectivity index (χ2n) is 11.7. The summed E-state index contributed by atoms with van der Waals surface area (Å²) >= 11 is 0. The van der Waals surface area contributed by atoms with Crippen LogP contribution in [0.5, 0.6) is 23.0 Å². The van der Waals surface area contributed by atoms with Crippen molar-refractivity contribution in [1.29, 1.82) is 0 Å². The Morgan fingerprint density at radius 1 is 0.449 bits per heavy atom. The summed E-state index contributed by atoms with van der Waals surface area (Å²) < 4.78 is 11.6. The Bertz CT molecular complexity index is 1690. The van der Waals surface area contributed by atoms with Crippen molar-refractivity contribution in [1.82, 2.24) is 0 Å². The Kier molecular flexibility index (Phi) is 13.9. The molecule has 0 aromatic heterocycles. The van der Waals surface area contributed by atoms with Crippen LogP contribution in [0.25, 0.3) is 0 Å². The van der Waals surface area contributed by atoms with Gasteiger partial charge in [-0.15, -0.1) is 11.5 Å². The quantitative estimate of drug-likeness (QED) is 0.184. The molecule has 0 saturated heterocycles. The number of rotatable bonds is 2. The molecule has 5 heteroatoms. The van der Waals surface area contributed by atoms with E-state index in [9.17, 15) is 10.2 Å². The summed E-state index contributed by atoms with van der Waals surface area (Å²) in [6, 6.07) is 23.3. The largest absolute Gasteiger partial charge is 2.00 e. The molecule has 7 rings (SSSR count). The minimum atomic E-state index is 0. The van der Waals surface area contributed by atoms with Crippen molar-refractivity contribution in [2.75, 3.05) is 14.2 Å². The van der Waals surface area contributed by atoms with Crippen molar-refractivity contribution in [2.24, 2.45) is 0 Å². The van der Waals surface area contributed by atoms with Crippen molar-refractivity contribution in [2.45, 2.75) is 25.7 Å². The van der Waals surface area contributed by atoms with E-state index in [-0.39, 0.29) is 37.7 Å². The number of hydrogen-bond donors (Lipinski definition) is 0. The average molecular weight is 724 g/mol. The normalized spacial score (nSPS) is 14.0. The van der Waals surface area contributed by atoms with E-state index in [4.69, 9.17) is 9.47 Å². The van der Waals surface area contributed by atoms with Crippen molar-refractivity contribution >= 4 is 0 Å². The molecule has 0 heterocycles. The van der Waals surface area contributed by atoms with Gasteiger partial charge in [-0.1, -0.05) is 157 Å².